The van der Waals surface area contributed by atoms with E-state index in [0.29, 0.717) is 5.89 Å². The van der Waals surface area contributed by atoms with Gasteiger partial charge in [-0.2, -0.15) is 0 Å². The first-order chi connectivity index (χ1) is 7.54. The lowest BCUT2D eigenvalue weighted by atomic mass is 10.2. The second-order valence-corrected chi connectivity index (χ2v) is 4.09. The Morgan fingerprint density at radius 2 is 2.31 bits per heavy atom. The number of hydrogen-bond donors (Lipinski definition) is 2. The average Bonchev–Trinajstić information content (AvgIpc) is 2.65. The van der Waals surface area contributed by atoms with Crippen LogP contribution >= 0.6 is 0 Å². The minimum Gasteiger partial charge on any atom is -0.446 e. The number of amides is 1. The summed E-state index contributed by atoms with van der Waals surface area (Å²) in [4.78, 5) is 15.7. The molecule has 0 aliphatic heterocycles. The van der Waals surface area contributed by atoms with Crippen LogP contribution in [0.4, 0.5) is 0 Å². The monoisotopic (exact) mass is 225 g/mol. The highest BCUT2D eigenvalue weighted by atomic mass is 16.3. The lowest BCUT2D eigenvalue weighted by Gasteiger charge is -2.05. The maximum atomic E-state index is 11.6. The number of nitrogens with one attached hydrogen (secondary N) is 1. The zero-order chi connectivity index (χ0) is 12.1. The lowest BCUT2D eigenvalue weighted by molar-refractivity contribution is 0.0938. The Morgan fingerprint density at radius 3 is 2.88 bits per heavy atom. The molecular formula is C11H19N3O2. The van der Waals surface area contributed by atoms with Crippen molar-refractivity contribution in [1.82, 2.24) is 10.3 Å². The minimum absolute atomic E-state index is 0.0805. The highest BCUT2D eigenvalue weighted by molar-refractivity contribution is 5.92. The molecule has 3 N–H and O–H groups in total. The SMILES string of the molecule is CCCC(N)c1nc(C(=O)NC(C)C)co1. The van der Waals surface area contributed by atoms with Crippen molar-refractivity contribution in [2.45, 2.75) is 45.7 Å². The third-order valence-corrected chi connectivity index (χ3v) is 2.09. The van der Waals surface area contributed by atoms with E-state index in [1.165, 1.54) is 6.26 Å². The quantitative estimate of drug-likeness (QED) is 0.797. The van der Waals surface area contributed by atoms with Crippen LogP contribution in [0.2, 0.25) is 0 Å². The molecule has 1 aromatic rings. The predicted molar refractivity (Wildman–Crippen MR) is 60.9 cm³/mol. The second-order valence-electron chi connectivity index (χ2n) is 4.09. The number of hydrogen-bond acceptors (Lipinski definition) is 4. The maximum absolute atomic E-state index is 11.6. The van der Waals surface area contributed by atoms with Crippen LogP contribution in [-0.2, 0) is 0 Å². The number of rotatable bonds is 5. The fourth-order valence-corrected chi connectivity index (χ4v) is 1.33. The van der Waals surface area contributed by atoms with Gasteiger partial charge >= 0.3 is 0 Å². The van der Waals surface area contributed by atoms with E-state index in [9.17, 15) is 4.79 Å². The number of nitrogens with two attached hydrogens (primary N) is 1. The van der Waals surface area contributed by atoms with E-state index in [-0.39, 0.29) is 23.7 Å². The molecule has 16 heavy (non-hydrogen) atoms. The van der Waals surface area contributed by atoms with Crippen LogP contribution in [0, 0.1) is 0 Å². The molecule has 0 bridgehead atoms. The van der Waals surface area contributed by atoms with Gasteiger partial charge in [-0.05, 0) is 20.3 Å². The molecule has 1 rings (SSSR count). The number of oxazole rings is 1. The highest BCUT2D eigenvalue weighted by Crippen LogP contribution is 2.14. The molecule has 0 aliphatic rings. The Hall–Kier alpha value is -1.36. The molecule has 0 spiro atoms. The third-order valence-electron chi connectivity index (χ3n) is 2.09. The lowest BCUT2D eigenvalue weighted by Crippen LogP contribution is -2.30. The molecule has 1 atom stereocenters. The average molecular weight is 225 g/mol. The van der Waals surface area contributed by atoms with Gasteiger partial charge in [-0.3, -0.25) is 4.79 Å². The van der Waals surface area contributed by atoms with Gasteiger partial charge in [0, 0.05) is 6.04 Å². The number of nitrogens with zero attached hydrogens (tertiary/aromatic N) is 1. The molecule has 0 saturated carbocycles. The molecule has 0 radical (unpaired) electrons. The molecule has 0 fully saturated rings. The highest BCUT2D eigenvalue weighted by Gasteiger charge is 2.16. The van der Waals surface area contributed by atoms with Gasteiger partial charge in [0.05, 0.1) is 6.04 Å². The third kappa shape index (κ3) is 3.34. The first-order valence-corrected chi connectivity index (χ1v) is 5.56. The predicted octanol–water partition coefficient (Wildman–Crippen LogP) is 1.61. The zero-order valence-electron chi connectivity index (χ0n) is 9.99. The van der Waals surface area contributed by atoms with Crippen LogP contribution in [0.5, 0.6) is 0 Å². The van der Waals surface area contributed by atoms with Crippen molar-refractivity contribution < 1.29 is 9.21 Å². The molecule has 0 saturated heterocycles. The van der Waals surface area contributed by atoms with E-state index in [1.807, 2.05) is 20.8 Å². The maximum Gasteiger partial charge on any atom is 0.273 e. The fourth-order valence-electron chi connectivity index (χ4n) is 1.33. The van der Waals surface area contributed by atoms with E-state index in [1.54, 1.807) is 0 Å². The van der Waals surface area contributed by atoms with E-state index < -0.39 is 0 Å². The first-order valence-electron chi connectivity index (χ1n) is 5.56. The van der Waals surface area contributed by atoms with Gasteiger partial charge in [0.25, 0.3) is 5.91 Å². The van der Waals surface area contributed by atoms with Crippen LogP contribution in [0.1, 0.15) is 56.0 Å². The smallest absolute Gasteiger partial charge is 0.273 e. The Morgan fingerprint density at radius 1 is 1.62 bits per heavy atom. The summed E-state index contributed by atoms with van der Waals surface area (Å²) in [7, 11) is 0. The summed E-state index contributed by atoms with van der Waals surface area (Å²) < 4.78 is 5.18. The molecule has 5 nitrogen and oxygen atoms in total. The Balaban J connectivity index is 2.67. The van der Waals surface area contributed by atoms with Crippen molar-refractivity contribution in [2.24, 2.45) is 5.73 Å². The fraction of sp³-hybridized carbons (Fsp3) is 0.636. The standard InChI is InChI=1S/C11H19N3O2/c1-4-5-8(12)11-14-9(6-16-11)10(15)13-7(2)3/h6-8H,4-5,12H2,1-3H3,(H,13,15). The zero-order valence-corrected chi connectivity index (χ0v) is 9.99. The van der Waals surface area contributed by atoms with E-state index >= 15 is 0 Å². The molecule has 1 aromatic heterocycles. The van der Waals surface area contributed by atoms with Gasteiger partial charge in [-0.1, -0.05) is 13.3 Å². The van der Waals surface area contributed by atoms with Crippen molar-refractivity contribution in [1.29, 1.82) is 0 Å². The number of aromatic nitrogens is 1. The van der Waals surface area contributed by atoms with E-state index in [0.717, 1.165) is 12.8 Å². The topological polar surface area (TPSA) is 81.1 Å². The van der Waals surface area contributed by atoms with Crippen molar-refractivity contribution in [3.05, 3.63) is 17.8 Å². The summed E-state index contributed by atoms with van der Waals surface area (Å²) >= 11 is 0. The Bertz CT molecular complexity index is 347. The Labute approximate surface area is 95.4 Å². The molecule has 1 unspecified atom stereocenters. The van der Waals surface area contributed by atoms with Gasteiger partial charge < -0.3 is 15.5 Å². The molecule has 90 valence electrons. The molecule has 5 heteroatoms. The van der Waals surface area contributed by atoms with Crippen LogP contribution in [0.3, 0.4) is 0 Å². The molecule has 0 aromatic carbocycles. The largest absolute Gasteiger partial charge is 0.446 e. The van der Waals surface area contributed by atoms with Crippen molar-refractivity contribution in [2.75, 3.05) is 0 Å². The summed E-state index contributed by atoms with van der Waals surface area (Å²) in [6.07, 6.45) is 3.10. The van der Waals surface area contributed by atoms with Crippen molar-refractivity contribution in [3.8, 4) is 0 Å². The van der Waals surface area contributed by atoms with Crippen LogP contribution in [-0.4, -0.2) is 16.9 Å². The number of carbonyl (C=O) groups excluding carboxylic acids is 1. The summed E-state index contributed by atoms with van der Waals surface area (Å²) in [5, 5.41) is 2.74. The van der Waals surface area contributed by atoms with Gasteiger partial charge in [-0.15, -0.1) is 0 Å². The summed E-state index contributed by atoms with van der Waals surface area (Å²) in [6, 6.07) is -0.150. The van der Waals surface area contributed by atoms with Crippen LogP contribution in [0.15, 0.2) is 10.7 Å². The number of carbonyl (C=O) groups is 1. The molecule has 1 amide bonds. The van der Waals surface area contributed by atoms with Gasteiger partial charge in [0.1, 0.15) is 6.26 Å². The first kappa shape index (κ1) is 12.7. The second kappa shape index (κ2) is 5.65. The van der Waals surface area contributed by atoms with Gasteiger partial charge in [-0.25, -0.2) is 4.98 Å². The molecular weight excluding hydrogens is 206 g/mol. The van der Waals surface area contributed by atoms with E-state index in [2.05, 4.69) is 10.3 Å². The van der Waals surface area contributed by atoms with Crippen molar-refractivity contribution in [3.63, 3.8) is 0 Å². The molecule has 0 aliphatic carbocycles. The summed E-state index contributed by atoms with van der Waals surface area (Å²) in [6.45, 7) is 5.82. The summed E-state index contributed by atoms with van der Waals surface area (Å²) in [5.41, 5.74) is 6.12. The van der Waals surface area contributed by atoms with Gasteiger partial charge in [0.15, 0.2) is 5.69 Å². The van der Waals surface area contributed by atoms with Crippen LogP contribution in [0.25, 0.3) is 0 Å². The van der Waals surface area contributed by atoms with E-state index in [4.69, 9.17) is 10.2 Å². The Kier molecular flexibility index (Phi) is 4.49. The molecule has 1 heterocycles. The normalized spacial score (nSPS) is 12.8. The van der Waals surface area contributed by atoms with Gasteiger partial charge in [0.2, 0.25) is 5.89 Å². The summed E-state index contributed by atoms with van der Waals surface area (Å²) in [5.74, 6) is 0.199. The van der Waals surface area contributed by atoms with Crippen LogP contribution < -0.4 is 11.1 Å². The van der Waals surface area contributed by atoms with Crippen molar-refractivity contribution >= 4 is 5.91 Å². The minimum atomic E-state index is -0.231.